The Balaban J connectivity index is 1.27. The summed E-state index contributed by atoms with van der Waals surface area (Å²) in [7, 11) is 0. The molecule has 25 heavy (non-hydrogen) atoms. The van der Waals surface area contributed by atoms with Crippen LogP contribution in [-0.4, -0.2) is 22.8 Å². The molecule has 2 unspecified atom stereocenters. The molecule has 3 heteroatoms. The molecule has 1 aromatic heterocycles. The summed E-state index contributed by atoms with van der Waals surface area (Å²) < 4.78 is 0. The molecule has 1 aromatic carbocycles. The molecule has 4 rings (SSSR count). The zero-order valence-corrected chi connectivity index (χ0v) is 15.2. The summed E-state index contributed by atoms with van der Waals surface area (Å²) >= 11 is 0. The minimum atomic E-state index is 0.622. The lowest BCUT2D eigenvalue weighted by molar-refractivity contribution is 0.264. The molecule has 0 radical (unpaired) electrons. The molecule has 1 saturated carbocycles. The highest BCUT2D eigenvalue weighted by molar-refractivity contribution is 5.20. The summed E-state index contributed by atoms with van der Waals surface area (Å²) in [5, 5.41) is 11.2. The van der Waals surface area contributed by atoms with Gasteiger partial charge in [0.25, 0.3) is 0 Å². The topological polar surface area (TPSA) is 40.7 Å². The SMILES string of the molecule is c1ccc(C2CCC(CCC3NCCCC3c3ccn[nH]3)CC2)cc1. The molecule has 1 aliphatic heterocycles. The van der Waals surface area contributed by atoms with Crippen LogP contribution in [0.5, 0.6) is 0 Å². The number of nitrogens with one attached hydrogen (secondary N) is 2. The number of nitrogens with zero attached hydrogens (tertiary/aromatic N) is 1. The van der Waals surface area contributed by atoms with E-state index in [1.165, 1.54) is 63.6 Å². The van der Waals surface area contributed by atoms with Gasteiger partial charge in [-0.2, -0.15) is 5.10 Å². The molecule has 1 saturated heterocycles. The first-order chi connectivity index (χ1) is 12.4. The Kier molecular flexibility index (Phi) is 5.51. The predicted octanol–water partition coefficient (Wildman–Crippen LogP) is 5.00. The van der Waals surface area contributed by atoms with Gasteiger partial charge < -0.3 is 5.32 Å². The van der Waals surface area contributed by atoms with Crippen LogP contribution in [0, 0.1) is 5.92 Å². The average Bonchev–Trinajstić information content (AvgIpc) is 3.22. The third-order valence-corrected chi connectivity index (χ3v) is 6.51. The predicted molar refractivity (Wildman–Crippen MR) is 103 cm³/mol. The highest BCUT2D eigenvalue weighted by atomic mass is 15.1. The largest absolute Gasteiger partial charge is 0.313 e. The van der Waals surface area contributed by atoms with Gasteiger partial charge in [-0.1, -0.05) is 30.3 Å². The van der Waals surface area contributed by atoms with Gasteiger partial charge in [0.05, 0.1) is 0 Å². The standard InChI is InChI=1S/C22H31N3/c1-2-5-18(6-3-1)19-11-8-17(9-12-19)10-13-21-20(7-4-15-23-21)22-14-16-24-25-22/h1-3,5-6,14,16-17,19-21,23H,4,7-13,15H2,(H,24,25). The molecule has 2 aliphatic rings. The van der Waals surface area contributed by atoms with Crippen LogP contribution in [0.25, 0.3) is 0 Å². The number of rotatable bonds is 5. The number of aromatic amines is 1. The van der Waals surface area contributed by atoms with Crippen LogP contribution in [0.15, 0.2) is 42.6 Å². The van der Waals surface area contributed by atoms with Crippen LogP contribution < -0.4 is 5.32 Å². The summed E-state index contributed by atoms with van der Waals surface area (Å²) in [6.45, 7) is 1.18. The van der Waals surface area contributed by atoms with Gasteiger partial charge in [-0.25, -0.2) is 0 Å². The Morgan fingerprint density at radius 3 is 2.52 bits per heavy atom. The Bertz CT molecular complexity index is 614. The second kappa shape index (κ2) is 8.18. The quantitative estimate of drug-likeness (QED) is 0.806. The van der Waals surface area contributed by atoms with Gasteiger partial charge >= 0.3 is 0 Å². The highest BCUT2D eigenvalue weighted by Gasteiger charge is 2.29. The molecule has 2 aromatic rings. The Morgan fingerprint density at radius 1 is 0.920 bits per heavy atom. The van der Waals surface area contributed by atoms with Crippen molar-refractivity contribution in [3.05, 3.63) is 53.9 Å². The van der Waals surface area contributed by atoms with E-state index in [2.05, 4.69) is 51.9 Å². The van der Waals surface area contributed by atoms with Gasteiger partial charge in [-0.05, 0) is 81.4 Å². The van der Waals surface area contributed by atoms with E-state index in [0.29, 0.717) is 12.0 Å². The summed E-state index contributed by atoms with van der Waals surface area (Å²) in [5.74, 6) is 2.34. The number of aromatic nitrogens is 2. The lowest BCUT2D eigenvalue weighted by Crippen LogP contribution is -2.40. The minimum Gasteiger partial charge on any atom is -0.313 e. The van der Waals surface area contributed by atoms with Gasteiger partial charge in [-0.3, -0.25) is 5.10 Å². The van der Waals surface area contributed by atoms with Crippen LogP contribution >= 0.6 is 0 Å². The van der Waals surface area contributed by atoms with Gasteiger partial charge in [0.15, 0.2) is 0 Å². The monoisotopic (exact) mass is 337 g/mol. The maximum Gasteiger partial charge on any atom is 0.0490 e. The van der Waals surface area contributed by atoms with Crippen molar-refractivity contribution in [1.29, 1.82) is 0 Å². The highest BCUT2D eigenvalue weighted by Crippen LogP contribution is 2.38. The molecule has 1 aliphatic carbocycles. The fraction of sp³-hybridized carbons (Fsp3) is 0.591. The first kappa shape index (κ1) is 16.8. The maximum atomic E-state index is 4.17. The molecule has 2 N–H and O–H groups in total. The van der Waals surface area contributed by atoms with Crippen LogP contribution in [-0.2, 0) is 0 Å². The Hall–Kier alpha value is -1.61. The van der Waals surface area contributed by atoms with Gasteiger partial charge in [-0.15, -0.1) is 0 Å². The number of benzene rings is 1. The van der Waals surface area contributed by atoms with E-state index in [4.69, 9.17) is 0 Å². The molecule has 2 fully saturated rings. The third-order valence-electron chi connectivity index (χ3n) is 6.51. The Morgan fingerprint density at radius 2 is 1.76 bits per heavy atom. The molecule has 134 valence electrons. The first-order valence-electron chi connectivity index (χ1n) is 10.2. The summed E-state index contributed by atoms with van der Waals surface area (Å²) in [4.78, 5) is 0. The molecule has 0 amide bonds. The van der Waals surface area contributed by atoms with Crippen molar-refractivity contribution in [2.45, 2.75) is 69.2 Å². The van der Waals surface area contributed by atoms with Gasteiger partial charge in [0.1, 0.15) is 0 Å². The minimum absolute atomic E-state index is 0.622. The van der Waals surface area contributed by atoms with Gasteiger partial charge in [0, 0.05) is 23.9 Å². The number of piperidine rings is 1. The zero-order valence-electron chi connectivity index (χ0n) is 15.2. The number of H-pyrrole nitrogens is 1. The fourth-order valence-electron chi connectivity index (χ4n) is 5.03. The molecule has 2 atom stereocenters. The van der Waals surface area contributed by atoms with E-state index in [0.717, 1.165) is 11.8 Å². The van der Waals surface area contributed by atoms with Gasteiger partial charge in [0.2, 0.25) is 0 Å². The van der Waals surface area contributed by atoms with Crippen molar-refractivity contribution < 1.29 is 0 Å². The number of hydrogen-bond acceptors (Lipinski definition) is 2. The summed E-state index contributed by atoms with van der Waals surface area (Å²) in [5.41, 5.74) is 2.87. The first-order valence-corrected chi connectivity index (χ1v) is 10.2. The van der Waals surface area contributed by atoms with Crippen molar-refractivity contribution in [1.82, 2.24) is 15.5 Å². The summed E-state index contributed by atoms with van der Waals surface area (Å²) in [6.07, 6.45) is 12.7. The van der Waals surface area contributed by atoms with Crippen molar-refractivity contribution in [2.75, 3.05) is 6.54 Å². The van der Waals surface area contributed by atoms with E-state index < -0.39 is 0 Å². The van der Waals surface area contributed by atoms with Crippen LogP contribution in [0.4, 0.5) is 0 Å². The molecule has 0 spiro atoms. The lowest BCUT2D eigenvalue weighted by atomic mass is 9.75. The molecule has 3 nitrogen and oxygen atoms in total. The summed E-state index contributed by atoms with van der Waals surface area (Å²) in [6, 6.07) is 13.9. The zero-order chi connectivity index (χ0) is 16.9. The lowest BCUT2D eigenvalue weighted by Gasteiger charge is -2.34. The van der Waals surface area contributed by atoms with Crippen LogP contribution in [0.3, 0.4) is 0 Å². The second-order valence-electron chi connectivity index (χ2n) is 8.03. The fourth-order valence-corrected chi connectivity index (χ4v) is 5.03. The maximum absolute atomic E-state index is 4.17. The van der Waals surface area contributed by atoms with E-state index in [-0.39, 0.29) is 0 Å². The number of hydrogen-bond donors (Lipinski definition) is 2. The Labute approximate surface area is 151 Å². The smallest absolute Gasteiger partial charge is 0.0490 e. The van der Waals surface area contributed by atoms with E-state index in [1.54, 1.807) is 5.56 Å². The van der Waals surface area contributed by atoms with E-state index in [1.807, 2.05) is 6.20 Å². The van der Waals surface area contributed by atoms with Crippen LogP contribution in [0.2, 0.25) is 0 Å². The van der Waals surface area contributed by atoms with Crippen LogP contribution in [0.1, 0.15) is 74.5 Å². The average molecular weight is 338 g/mol. The van der Waals surface area contributed by atoms with Crippen molar-refractivity contribution in [3.8, 4) is 0 Å². The second-order valence-corrected chi connectivity index (χ2v) is 8.03. The molecular formula is C22H31N3. The van der Waals surface area contributed by atoms with E-state index in [9.17, 15) is 0 Å². The normalized spacial score (nSPS) is 30.2. The third kappa shape index (κ3) is 4.14. The molecule has 2 heterocycles. The molecular weight excluding hydrogens is 306 g/mol. The van der Waals surface area contributed by atoms with Crippen molar-refractivity contribution >= 4 is 0 Å². The van der Waals surface area contributed by atoms with E-state index >= 15 is 0 Å². The van der Waals surface area contributed by atoms with Crippen molar-refractivity contribution in [3.63, 3.8) is 0 Å². The van der Waals surface area contributed by atoms with Crippen molar-refractivity contribution in [2.24, 2.45) is 5.92 Å². The molecule has 0 bridgehead atoms.